The summed E-state index contributed by atoms with van der Waals surface area (Å²) in [4.78, 5) is 33.6. The van der Waals surface area contributed by atoms with E-state index in [2.05, 4.69) is 10.6 Å². The van der Waals surface area contributed by atoms with Crippen LogP contribution in [0.1, 0.15) is 24.2 Å². The van der Waals surface area contributed by atoms with Crippen LogP contribution in [0.25, 0.3) is 0 Å². The summed E-state index contributed by atoms with van der Waals surface area (Å²) in [6, 6.07) is 3.92. The lowest BCUT2D eigenvalue weighted by Gasteiger charge is -2.09. The van der Waals surface area contributed by atoms with Gasteiger partial charge in [0, 0.05) is 19.7 Å². The normalized spacial score (nSPS) is 10.2. The Kier molecular flexibility index (Phi) is 6.30. The lowest BCUT2D eigenvalue weighted by atomic mass is 10.1. The van der Waals surface area contributed by atoms with Crippen molar-refractivity contribution in [3.63, 3.8) is 0 Å². The van der Waals surface area contributed by atoms with Gasteiger partial charge in [-0.15, -0.1) is 0 Å². The van der Waals surface area contributed by atoms with Crippen LogP contribution in [0.15, 0.2) is 18.2 Å². The first-order valence-corrected chi connectivity index (χ1v) is 6.75. The Labute approximate surface area is 128 Å². The van der Waals surface area contributed by atoms with Crippen LogP contribution in [-0.2, 0) is 9.53 Å². The van der Waals surface area contributed by atoms with Crippen molar-refractivity contribution in [3.8, 4) is 0 Å². The number of rotatable bonds is 7. The van der Waals surface area contributed by atoms with E-state index in [-0.39, 0.29) is 22.9 Å². The molecule has 0 aliphatic heterocycles. The van der Waals surface area contributed by atoms with Crippen LogP contribution in [0.2, 0.25) is 0 Å². The summed E-state index contributed by atoms with van der Waals surface area (Å²) in [7, 11) is 1.54. The molecule has 8 heteroatoms. The third kappa shape index (κ3) is 5.04. The van der Waals surface area contributed by atoms with Crippen molar-refractivity contribution in [1.82, 2.24) is 5.32 Å². The standard InChI is InChI=1S/C14H19N3O5/c1-9(2)7-16-13(18)8-22-14(19)10-4-5-11(15-3)12(6-10)17(20)21/h4-6,9,15H,7-8H2,1-3H3,(H,16,18). The van der Waals surface area contributed by atoms with Crippen LogP contribution < -0.4 is 10.6 Å². The fourth-order valence-corrected chi connectivity index (χ4v) is 1.60. The number of esters is 1. The van der Waals surface area contributed by atoms with Gasteiger partial charge >= 0.3 is 5.97 Å². The molecule has 0 heterocycles. The second-order valence-electron chi connectivity index (χ2n) is 5.01. The maximum Gasteiger partial charge on any atom is 0.338 e. The van der Waals surface area contributed by atoms with E-state index in [0.29, 0.717) is 6.54 Å². The Bertz CT molecular complexity index is 572. The highest BCUT2D eigenvalue weighted by Crippen LogP contribution is 2.25. The predicted octanol–water partition coefficient (Wildman–Crippen LogP) is 1.57. The zero-order valence-corrected chi connectivity index (χ0v) is 12.7. The maximum atomic E-state index is 11.8. The molecule has 1 amide bonds. The van der Waals surface area contributed by atoms with Crippen molar-refractivity contribution < 1.29 is 19.2 Å². The van der Waals surface area contributed by atoms with Crippen molar-refractivity contribution >= 4 is 23.3 Å². The molecule has 0 unspecified atom stereocenters. The van der Waals surface area contributed by atoms with E-state index in [1.165, 1.54) is 12.1 Å². The molecule has 1 aromatic carbocycles. The van der Waals surface area contributed by atoms with Gasteiger partial charge in [-0.1, -0.05) is 13.8 Å². The van der Waals surface area contributed by atoms with Gasteiger partial charge in [0.05, 0.1) is 10.5 Å². The molecule has 1 rings (SSSR count). The van der Waals surface area contributed by atoms with Crippen molar-refractivity contribution in [2.24, 2.45) is 5.92 Å². The molecule has 0 aliphatic carbocycles. The van der Waals surface area contributed by atoms with Crippen LogP contribution in [0.4, 0.5) is 11.4 Å². The minimum atomic E-state index is -0.787. The number of hydrogen-bond donors (Lipinski definition) is 2. The van der Waals surface area contributed by atoms with Crippen LogP contribution in [-0.4, -0.2) is 37.0 Å². The monoisotopic (exact) mass is 309 g/mol. The van der Waals surface area contributed by atoms with Crippen LogP contribution in [0.5, 0.6) is 0 Å². The number of carbonyl (C=O) groups is 2. The molecule has 1 aromatic rings. The topological polar surface area (TPSA) is 111 Å². The van der Waals surface area contributed by atoms with Gasteiger partial charge in [0.1, 0.15) is 5.69 Å². The fraction of sp³-hybridized carbons (Fsp3) is 0.429. The van der Waals surface area contributed by atoms with Gasteiger partial charge in [0.2, 0.25) is 0 Å². The molecule has 0 fully saturated rings. The van der Waals surface area contributed by atoms with E-state index in [1.807, 2.05) is 13.8 Å². The van der Waals surface area contributed by atoms with E-state index < -0.39 is 23.4 Å². The largest absolute Gasteiger partial charge is 0.452 e. The molecule has 0 atom stereocenters. The SMILES string of the molecule is CNc1ccc(C(=O)OCC(=O)NCC(C)C)cc1[N+](=O)[O-]. The van der Waals surface area contributed by atoms with Crippen LogP contribution in [0.3, 0.4) is 0 Å². The Balaban J connectivity index is 2.68. The zero-order valence-electron chi connectivity index (χ0n) is 12.7. The van der Waals surface area contributed by atoms with Gasteiger partial charge in [-0.05, 0) is 18.1 Å². The van der Waals surface area contributed by atoms with Crippen molar-refractivity contribution in [1.29, 1.82) is 0 Å². The molecule has 0 saturated carbocycles. The first kappa shape index (κ1) is 17.4. The first-order valence-electron chi connectivity index (χ1n) is 6.75. The van der Waals surface area contributed by atoms with Gasteiger partial charge in [0.25, 0.3) is 11.6 Å². The summed E-state index contributed by atoms with van der Waals surface area (Å²) in [5.74, 6) is -0.912. The lowest BCUT2D eigenvalue weighted by Crippen LogP contribution is -2.31. The third-order valence-corrected chi connectivity index (χ3v) is 2.74. The smallest absolute Gasteiger partial charge is 0.338 e. The molecule has 0 bridgehead atoms. The van der Waals surface area contributed by atoms with E-state index in [0.717, 1.165) is 6.07 Å². The third-order valence-electron chi connectivity index (χ3n) is 2.74. The van der Waals surface area contributed by atoms with E-state index in [4.69, 9.17) is 4.74 Å². The molecule has 120 valence electrons. The van der Waals surface area contributed by atoms with Gasteiger partial charge in [-0.3, -0.25) is 14.9 Å². The Morgan fingerprint density at radius 3 is 2.59 bits per heavy atom. The highest BCUT2D eigenvalue weighted by Gasteiger charge is 2.18. The zero-order chi connectivity index (χ0) is 16.7. The van der Waals surface area contributed by atoms with Crippen molar-refractivity contribution in [2.45, 2.75) is 13.8 Å². The second kappa shape index (κ2) is 7.96. The van der Waals surface area contributed by atoms with Crippen LogP contribution >= 0.6 is 0 Å². The van der Waals surface area contributed by atoms with E-state index in [1.54, 1.807) is 7.05 Å². The molecule has 0 radical (unpaired) electrons. The summed E-state index contributed by atoms with van der Waals surface area (Å²) < 4.78 is 4.84. The number of hydrogen-bond acceptors (Lipinski definition) is 6. The molecule has 22 heavy (non-hydrogen) atoms. The average molecular weight is 309 g/mol. The van der Waals surface area contributed by atoms with E-state index in [9.17, 15) is 19.7 Å². The summed E-state index contributed by atoms with van der Waals surface area (Å²) in [6.07, 6.45) is 0. The number of anilines is 1. The molecule has 8 nitrogen and oxygen atoms in total. The highest BCUT2D eigenvalue weighted by atomic mass is 16.6. The quantitative estimate of drug-likeness (QED) is 0.449. The molecular weight excluding hydrogens is 290 g/mol. The summed E-state index contributed by atoms with van der Waals surface area (Å²) in [5.41, 5.74) is 0.0693. The Morgan fingerprint density at radius 1 is 1.36 bits per heavy atom. The van der Waals surface area contributed by atoms with Crippen molar-refractivity contribution in [2.75, 3.05) is 25.5 Å². The number of nitro benzene ring substituents is 1. The molecule has 2 N–H and O–H groups in total. The predicted molar refractivity (Wildman–Crippen MR) is 80.8 cm³/mol. The van der Waals surface area contributed by atoms with Gasteiger partial charge < -0.3 is 15.4 Å². The van der Waals surface area contributed by atoms with Crippen molar-refractivity contribution in [3.05, 3.63) is 33.9 Å². The van der Waals surface area contributed by atoms with Gasteiger partial charge in [-0.25, -0.2) is 4.79 Å². The number of benzene rings is 1. The summed E-state index contributed by atoms with van der Waals surface area (Å²) >= 11 is 0. The Morgan fingerprint density at radius 2 is 2.05 bits per heavy atom. The van der Waals surface area contributed by atoms with Gasteiger partial charge in [-0.2, -0.15) is 0 Å². The summed E-state index contributed by atoms with van der Waals surface area (Å²) in [6.45, 7) is 3.94. The van der Waals surface area contributed by atoms with E-state index >= 15 is 0 Å². The number of ether oxygens (including phenoxy) is 1. The molecular formula is C14H19N3O5. The maximum absolute atomic E-state index is 11.8. The minimum Gasteiger partial charge on any atom is -0.452 e. The summed E-state index contributed by atoms with van der Waals surface area (Å²) in [5, 5.41) is 16.2. The second-order valence-corrected chi connectivity index (χ2v) is 5.01. The number of nitrogens with zero attached hydrogens (tertiary/aromatic N) is 1. The molecule has 0 aliphatic rings. The molecule has 0 saturated heterocycles. The average Bonchev–Trinajstić information content (AvgIpc) is 2.49. The minimum absolute atomic E-state index is 0.0161. The van der Waals surface area contributed by atoms with Crippen LogP contribution in [0, 0.1) is 16.0 Å². The lowest BCUT2D eigenvalue weighted by molar-refractivity contribution is -0.384. The number of carbonyl (C=O) groups excluding carboxylic acids is 2. The highest BCUT2D eigenvalue weighted by molar-refractivity contribution is 5.93. The fourth-order valence-electron chi connectivity index (χ4n) is 1.60. The number of nitrogens with one attached hydrogen (secondary N) is 2. The molecule has 0 spiro atoms. The molecule has 0 aromatic heterocycles. The number of amides is 1. The first-order chi connectivity index (χ1) is 10.3. The Hall–Kier alpha value is -2.64. The number of nitro groups is 1. The van der Waals surface area contributed by atoms with Gasteiger partial charge in [0.15, 0.2) is 6.61 Å².